The Bertz CT molecular complexity index is 581. The molecule has 0 aliphatic heterocycles. The summed E-state index contributed by atoms with van der Waals surface area (Å²) in [5, 5.41) is 9.12. The van der Waals surface area contributed by atoms with Gasteiger partial charge in [-0.05, 0) is 24.6 Å². The average molecular weight is 230 g/mol. The van der Waals surface area contributed by atoms with E-state index >= 15 is 0 Å². The number of carboxylic acid groups (broad SMARTS) is 1. The molecule has 0 spiro atoms. The second-order valence-corrected chi connectivity index (χ2v) is 3.63. The largest absolute Gasteiger partial charge is 0.478 e. The number of carbonyl (C=O) groups excluding carboxylic acids is 1. The Hall–Kier alpha value is -2.36. The Balaban J connectivity index is 2.74. The summed E-state index contributed by atoms with van der Waals surface area (Å²) in [6.07, 6.45) is 2.02. The Kier molecular flexibility index (Phi) is 2.78. The molecule has 1 aromatic carbocycles. The molecule has 0 fully saturated rings. The fourth-order valence-corrected chi connectivity index (χ4v) is 1.76. The number of hydrogen-bond donors (Lipinski definition) is 1. The molecule has 0 radical (unpaired) electrons. The summed E-state index contributed by atoms with van der Waals surface area (Å²) in [6.45, 7) is 1.78. The molecule has 0 aliphatic carbocycles. The van der Waals surface area contributed by atoms with Crippen LogP contribution in [0.25, 0.3) is 11.3 Å². The molecule has 0 aliphatic rings. The summed E-state index contributed by atoms with van der Waals surface area (Å²) >= 11 is 0. The maximum atomic E-state index is 11.1. The molecular weight excluding hydrogens is 220 g/mol. The summed E-state index contributed by atoms with van der Waals surface area (Å²) in [5.74, 6) is -0.743. The van der Waals surface area contributed by atoms with Gasteiger partial charge in [0.1, 0.15) is 5.76 Å². The Morgan fingerprint density at radius 2 is 2.12 bits per heavy atom. The van der Waals surface area contributed by atoms with Gasteiger partial charge in [-0.15, -0.1) is 0 Å². The summed E-state index contributed by atoms with van der Waals surface area (Å²) in [4.78, 5) is 22.0. The maximum Gasteiger partial charge on any atom is 0.336 e. The van der Waals surface area contributed by atoms with Crippen molar-refractivity contribution in [2.24, 2.45) is 0 Å². The van der Waals surface area contributed by atoms with Gasteiger partial charge in [-0.3, -0.25) is 4.79 Å². The summed E-state index contributed by atoms with van der Waals surface area (Å²) in [6, 6.07) is 6.44. The van der Waals surface area contributed by atoms with Gasteiger partial charge in [-0.1, -0.05) is 12.1 Å². The lowest BCUT2D eigenvalue weighted by Gasteiger charge is -2.07. The second-order valence-electron chi connectivity index (χ2n) is 3.63. The van der Waals surface area contributed by atoms with Crippen molar-refractivity contribution < 1.29 is 19.1 Å². The van der Waals surface area contributed by atoms with E-state index in [1.54, 1.807) is 19.1 Å². The van der Waals surface area contributed by atoms with Gasteiger partial charge in [0.05, 0.1) is 17.4 Å². The van der Waals surface area contributed by atoms with Crippen LogP contribution in [0.15, 0.2) is 34.9 Å². The predicted octanol–water partition coefficient (Wildman–Crippen LogP) is 2.77. The second kappa shape index (κ2) is 4.25. The number of aromatic carboxylic acids is 1. The lowest BCUT2D eigenvalue weighted by molar-refractivity contribution is 0.0697. The van der Waals surface area contributed by atoms with Crippen LogP contribution in [0.4, 0.5) is 0 Å². The highest BCUT2D eigenvalue weighted by molar-refractivity contribution is 5.98. The van der Waals surface area contributed by atoms with Crippen molar-refractivity contribution in [1.29, 1.82) is 0 Å². The number of aldehydes is 1. The van der Waals surface area contributed by atoms with Crippen molar-refractivity contribution in [2.45, 2.75) is 6.92 Å². The number of hydrogen-bond acceptors (Lipinski definition) is 3. The van der Waals surface area contributed by atoms with Gasteiger partial charge in [0, 0.05) is 5.56 Å². The van der Waals surface area contributed by atoms with E-state index in [4.69, 9.17) is 9.52 Å². The summed E-state index contributed by atoms with van der Waals surface area (Å²) < 4.78 is 5.22. The highest BCUT2D eigenvalue weighted by Crippen LogP contribution is 2.30. The van der Waals surface area contributed by atoms with Crippen LogP contribution in [0.3, 0.4) is 0 Å². The molecule has 0 bridgehead atoms. The van der Waals surface area contributed by atoms with Crippen molar-refractivity contribution in [3.8, 4) is 11.3 Å². The van der Waals surface area contributed by atoms with Crippen LogP contribution in [-0.2, 0) is 0 Å². The van der Waals surface area contributed by atoms with Crippen LogP contribution in [0.5, 0.6) is 0 Å². The molecule has 0 atom stereocenters. The predicted molar refractivity (Wildman–Crippen MR) is 61.2 cm³/mol. The molecule has 4 nitrogen and oxygen atoms in total. The van der Waals surface area contributed by atoms with Gasteiger partial charge in [0.25, 0.3) is 0 Å². The normalized spacial score (nSPS) is 10.2. The van der Waals surface area contributed by atoms with Crippen LogP contribution < -0.4 is 0 Å². The van der Waals surface area contributed by atoms with E-state index in [9.17, 15) is 9.59 Å². The third kappa shape index (κ3) is 1.85. The molecule has 2 aromatic rings. The van der Waals surface area contributed by atoms with Crippen molar-refractivity contribution in [3.05, 3.63) is 47.2 Å². The standard InChI is InChI=1S/C13H10O4/c1-8-3-2-4-10(13(15)16)11(8)12-9(7-14)5-6-17-12/h2-7H,1H3,(H,15,16). The highest BCUT2D eigenvalue weighted by atomic mass is 16.4. The van der Waals surface area contributed by atoms with E-state index < -0.39 is 5.97 Å². The zero-order valence-corrected chi connectivity index (χ0v) is 9.14. The number of rotatable bonds is 3. The highest BCUT2D eigenvalue weighted by Gasteiger charge is 2.18. The zero-order chi connectivity index (χ0) is 12.4. The van der Waals surface area contributed by atoms with Crippen LogP contribution in [-0.4, -0.2) is 17.4 Å². The first kappa shape index (κ1) is 11.1. The number of aryl methyl sites for hydroxylation is 1. The molecule has 17 heavy (non-hydrogen) atoms. The molecule has 1 N–H and O–H groups in total. The molecule has 1 heterocycles. The Morgan fingerprint density at radius 3 is 2.76 bits per heavy atom. The minimum atomic E-state index is -1.04. The summed E-state index contributed by atoms with van der Waals surface area (Å²) in [5.41, 5.74) is 1.68. The van der Waals surface area contributed by atoms with Crippen molar-refractivity contribution >= 4 is 12.3 Å². The molecule has 0 amide bonds. The molecule has 86 valence electrons. The monoisotopic (exact) mass is 230 g/mol. The Morgan fingerprint density at radius 1 is 1.35 bits per heavy atom. The van der Waals surface area contributed by atoms with Crippen molar-refractivity contribution in [3.63, 3.8) is 0 Å². The fourth-order valence-electron chi connectivity index (χ4n) is 1.76. The quantitative estimate of drug-likeness (QED) is 0.823. The van der Waals surface area contributed by atoms with Gasteiger partial charge in [0.2, 0.25) is 0 Å². The molecule has 1 aromatic heterocycles. The van der Waals surface area contributed by atoms with Crippen molar-refractivity contribution in [2.75, 3.05) is 0 Å². The lowest BCUT2D eigenvalue weighted by atomic mass is 9.98. The fraction of sp³-hybridized carbons (Fsp3) is 0.0769. The van der Waals surface area contributed by atoms with Gasteiger partial charge in [-0.2, -0.15) is 0 Å². The number of furan rings is 1. The first-order valence-corrected chi connectivity index (χ1v) is 5.01. The lowest BCUT2D eigenvalue weighted by Crippen LogP contribution is -2.01. The smallest absolute Gasteiger partial charge is 0.336 e. The number of carbonyl (C=O) groups is 2. The van der Waals surface area contributed by atoms with Crippen molar-refractivity contribution in [1.82, 2.24) is 0 Å². The first-order chi connectivity index (χ1) is 8.15. The van der Waals surface area contributed by atoms with Gasteiger partial charge in [0.15, 0.2) is 6.29 Å². The van der Waals surface area contributed by atoms with Gasteiger partial charge < -0.3 is 9.52 Å². The van der Waals surface area contributed by atoms with Gasteiger partial charge >= 0.3 is 5.97 Å². The van der Waals surface area contributed by atoms with E-state index in [0.717, 1.165) is 5.56 Å². The molecular formula is C13H10O4. The average Bonchev–Trinajstić information content (AvgIpc) is 2.76. The Labute approximate surface area is 97.5 Å². The topological polar surface area (TPSA) is 67.5 Å². The van der Waals surface area contributed by atoms with Crippen LogP contribution >= 0.6 is 0 Å². The van der Waals surface area contributed by atoms with E-state index in [0.29, 0.717) is 23.2 Å². The molecule has 0 saturated heterocycles. The zero-order valence-electron chi connectivity index (χ0n) is 9.14. The van der Waals surface area contributed by atoms with E-state index in [1.165, 1.54) is 18.4 Å². The molecule has 0 saturated carbocycles. The van der Waals surface area contributed by atoms with Crippen LogP contribution in [0.1, 0.15) is 26.3 Å². The van der Waals surface area contributed by atoms with E-state index in [-0.39, 0.29) is 5.56 Å². The van der Waals surface area contributed by atoms with E-state index in [2.05, 4.69) is 0 Å². The van der Waals surface area contributed by atoms with Crippen LogP contribution in [0, 0.1) is 6.92 Å². The third-order valence-corrected chi connectivity index (χ3v) is 2.55. The third-order valence-electron chi connectivity index (χ3n) is 2.55. The summed E-state index contributed by atoms with van der Waals surface area (Å²) in [7, 11) is 0. The number of benzene rings is 1. The first-order valence-electron chi connectivity index (χ1n) is 5.01. The maximum absolute atomic E-state index is 11.1. The minimum Gasteiger partial charge on any atom is -0.478 e. The van der Waals surface area contributed by atoms with Gasteiger partial charge in [-0.25, -0.2) is 4.79 Å². The minimum absolute atomic E-state index is 0.128. The molecule has 0 unspecified atom stereocenters. The SMILES string of the molecule is Cc1cccc(C(=O)O)c1-c1occc1C=O. The number of carboxylic acids is 1. The molecule has 2 rings (SSSR count). The van der Waals surface area contributed by atoms with Crippen LogP contribution in [0.2, 0.25) is 0 Å². The van der Waals surface area contributed by atoms with E-state index in [1.807, 2.05) is 0 Å². The molecule has 4 heteroatoms.